The Morgan fingerprint density at radius 1 is 1.42 bits per heavy atom. The van der Waals surface area contributed by atoms with Crippen LogP contribution in [0.5, 0.6) is 0 Å². The van der Waals surface area contributed by atoms with Gasteiger partial charge in [-0.1, -0.05) is 12.1 Å². The molecule has 2 amide bonds. The Kier molecular flexibility index (Phi) is 7.46. The zero-order chi connectivity index (χ0) is 18.1. The number of anilines is 1. The van der Waals surface area contributed by atoms with Crippen LogP contribution in [0.3, 0.4) is 0 Å². The predicted molar refractivity (Wildman–Crippen MR) is 91.0 cm³/mol. The maximum Gasteiger partial charge on any atom is 0.413 e. The summed E-state index contributed by atoms with van der Waals surface area (Å²) in [5, 5.41) is 11.9. The summed E-state index contributed by atoms with van der Waals surface area (Å²) in [4.78, 5) is 25.3. The van der Waals surface area contributed by atoms with E-state index in [2.05, 4.69) is 5.32 Å². The van der Waals surface area contributed by atoms with Crippen molar-refractivity contribution >= 4 is 17.7 Å². The molecule has 0 aliphatic carbocycles. The molecule has 0 fully saturated rings. The van der Waals surface area contributed by atoms with Gasteiger partial charge in [0.05, 0.1) is 6.61 Å². The quantitative estimate of drug-likeness (QED) is 0.613. The molecule has 7 heteroatoms. The fraction of sp³-hybridized carbons (Fsp3) is 0.353. The van der Waals surface area contributed by atoms with E-state index < -0.39 is 12.0 Å². The maximum atomic E-state index is 12.3. The third-order valence-electron chi connectivity index (χ3n) is 3.38. The molecule has 3 N–H and O–H groups in total. The van der Waals surface area contributed by atoms with Gasteiger partial charge in [0.15, 0.2) is 0 Å². The largest absolute Gasteiger partial charge is 0.449 e. The van der Waals surface area contributed by atoms with Crippen molar-refractivity contribution in [1.82, 2.24) is 4.90 Å². The van der Waals surface area contributed by atoms with Crippen molar-refractivity contribution < 1.29 is 14.3 Å². The van der Waals surface area contributed by atoms with Crippen molar-refractivity contribution in [1.29, 1.82) is 5.26 Å². The van der Waals surface area contributed by atoms with Gasteiger partial charge in [0.25, 0.3) is 5.91 Å². The smallest absolute Gasteiger partial charge is 0.413 e. The van der Waals surface area contributed by atoms with Crippen LogP contribution in [0.15, 0.2) is 30.0 Å². The van der Waals surface area contributed by atoms with Gasteiger partial charge in [-0.05, 0) is 38.0 Å². The second-order valence-electron chi connectivity index (χ2n) is 5.04. The molecule has 0 atom stereocenters. The van der Waals surface area contributed by atoms with E-state index in [1.54, 1.807) is 19.1 Å². The first-order valence-corrected chi connectivity index (χ1v) is 7.57. The topological polar surface area (TPSA) is 108 Å². The summed E-state index contributed by atoms with van der Waals surface area (Å²) in [5.41, 5.74) is 7.79. The first-order chi connectivity index (χ1) is 11.4. The van der Waals surface area contributed by atoms with Crippen LogP contribution in [0.4, 0.5) is 10.5 Å². The van der Waals surface area contributed by atoms with Crippen molar-refractivity contribution in [3.05, 3.63) is 41.1 Å². The van der Waals surface area contributed by atoms with Gasteiger partial charge in [0.1, 0.15) is 11.6 Å². The van der Waals surface area contributed by atoms with E-state index in [-0.39, 0.29) is 25.3 Å². The van der Waals surface area contributed by atoms with Gasteiger partial charge in [0.2, 0.25) is 0 Å². The van der Waals surface area contributed by atoms with Gasteiger partial charge >= 0.3 is 6.09 Å². The third kappa shape index (κ3) is 5.11. The molecule has 1 aromatic carbocycles. The number of nitrogens with zero attached hydrogens (tertiary/aromatic N) is 2. The molecule has 128 valence electrons. The molecular weight excluding hydrogens is 308 g/mol. The Morgan fingerprint density at radius 2 is 2.12 bits per heavy atom. The van der Waals surface area contributed by atoms with Crippen molar-refractivity contribution in [2.75, 3.05) is 25.0 Å². The molecule has 0 radical (unpaired) electrons. The number of amides is 2. The van der Waals surface area contributed by atoms with E-state index in [4.69, 9.17) is 10.5 Å². The first-order valence-electron chi connectivity index (χ1n) is 7.57. The fourth-order valence-corrected chi connectivity index (χ4v) is 1.92. The van der Waals surface area contributed by atoms with Crippen molar-refractivity contribution in [2.45, 2.75) is 20.8 Å². The molecule has 0 aliphatic rings. The minimum atomic E-state index is -0.657. The van der Waals surface area contributed by atoms with E-state index >= 15 is 0 Å². The summed E-state index contributed by atoms with van der Waals surface area (Å²) >= 11 is 0. The zero-order valence-electron chi connectivity index (χ0n) is 14.1. The third-order valence-corrected chi connectivity index (χ3v) is 3.38. The van der Waals surface area contributed by atoms with Crippen LogP contribution in [-0.2, 0) is 9.53 Å². The molecule has 0 unspecified atom stereocenters. The molecule has 0 aromatic heterocycles. The second kappa shape index (κ2) is 9.33. The van der Waals surface area contributed by atoms with Gasteiger partial charge < -0.3 is 15.8 Å². The lowest BCUT2D eigenvalue weighted by Crippen LogP contribution is -2.32. The van der Waals surface area contributed by atoms with E-state index in [1.165, 1.54) is 0 Å². The Bertz CT molecular complexity index is 677. The van der Waals surface area contributed by atoms with Gasteiger partial charge in [0, 0.05) is 25.0 Å². The minimum absolute atomic E-state index is 0.140. The number of benzene rings is 1. The number of ether oxygens (including phenoxy) is 1. The molecular formula is C17H22N4O3. The normalized spacial score (nSPS) is 10.7. The molecule has 7 nitrogen and oxygen atoms in total. The summed E-state index contributed by atoms with van der Waals surface area (Å²) in [7, 11) is 0. The highest BCUT2D eigenvalue weighted by Gasteiger charge is 2.17. The van der Waals surface area contributed by atoms with Gasteiger partial charge in [-0.2, -0.15) is 5.26 Å². The highest BCUT2D eigenvalue weighted by molar-refractivity contribution is 6.07. The average molecular weight is 330 g/mol. The zero-order valence-corrected chi connectivity index (χ0v) is 14.1. The summed E-state index contributed by atoms with van der Waals surface area (Å²) in [6, 6.07) is 7.29. The fourth-order valence-electron chi connectivity index (χ4n) is 1.92. The van der Waals surface area contributed by atoms with Crippen LogP contribution in [0, 0.1) is 25.2 Å². The highest BCUT2D eigenvalue weighted by Crippen LogP contribution is 2.18. The van der Waals surface area contributed by atoms with Crippen LogP contribution in [-0.4, -0.2) is 36.6 Å². The molecule has 0 heterocycles. The monoisotopic (exact) mass is 330 g/mol. The predicted octanol–water partition coefficient (Wildman–Crippen LogP) is 2.07. The molecule has 1 rings (SSSR count). The number of rotatable bonds is 6. The van der Waals surface area contributed by atoms with Gasteiger partial charge in [-0.25, -0.2) is 4.79 Å². The van der Waals surface area contributed by atoms with Crippen LogP contribution < -0.4 is 11.1 Å². The number of carbonyl (C=O) groups is 2. The van der Waals surface area contributed by atoms with E-state index in [1.807, 2.05) is 26.0 Å². The molecule has 0 saturated heterocycles. The standard InChI is InChI=1S/C17H22N4O3/c1-4-24-17(23)21(9-8-18)11-14(10-19)16(22)20-15-7-5-6-12(2)13(15)3/h5-7,11H,4,8-9,18H2,1-3H3,(H,20,22)/b14-11-. The highest BCUT2D eigenvalue weighted by atomic mass is 16.6. The summed E-state index contributed by atoms with van der Waals surface area (Å²) in [6.45, 7) is 5.97. The average Bonchev–Trinajstić information content (AvgIpc) is 2.55. The number of aryl methyl sites for hydroxylation is 1. The van der Waals surface area contributed by atoms with Crippen molar-refractivity contribution in [3.8, 4) is 6.07 Å². The van der Waals surface area contributed by atoms with Crippen LogP contribution in [0.25, 0.3) is 0 Å². The molecule has 1 aromatic rings. The lowest BCUT2D eigenvalue weighted by molar-refractivity contribution is -0.112. The van der Waals surface area contributed by atoms with Crippen molar-refractivity contribution in [2.24, 2.45) is 5.73 Å². The van der Waals surface area contributed by atoms with Crippen molar-refractivity contribution in [3.63, 3.8) is 0 Å². The number of carbonyl (C=O) groups excluding carboxylic acids is 2. The van der Waals surface area contributed by atoms with E-state index in [0.717, 1.165) is 22.2 Å². The summed E-state index contributed by atoms with van der Waals surface area (Å²) in [5.74, 6) is -0.600. The number of hydrogen-bond donors (Lipinski definition) is 2. The van der Waals surface area contributed by atoms with Crippen LogP contribution >= 0.6 is 0 Å². The Balaban J connectivity index is 3.01. The molecule has 0 bridgehead atoms. The summed E-state index contributed by atoms with van der Waals surface area (Å²) < 4.78 is 4.88. The lowest BCUT2D eigenvalue weighted by Gasteiger charge is -2.17. The number of nitrogens with two attached hydrogens (primary N) is 1. The molecule has 0 aliphatic heterocycles. The number of hydrogen-bond acceptors (Lipinski definition) is 5. The number of nitriles is 1. The van der Waals surface area contributed by atoms with Gasteiger partial charge in [-0.15, -0.1) is 0 Å². The molecule has 24 heavy (non-hydrogen) atoms. The van der Waals surface area contributed by atoms with E-state index in [0.29, 0.717) is 5.69 Å². The second-order valence-corrected chi connectivity index (χ2v) is 5.04. The minimum Gasteiger partial charge on any atom is -0.449 e. The van der Waals surface area contributed by atoms with Gasteiger partial charge in [-0.3, -0.25) is 9.69 Å². The van der Waals surface area contributed by atoms with E-state index in [9.17, 15) is 14.9 Å². The SMILES string of the molecule is CCOC(=O)N(/C=C(/C#N)C(=O)Nc1cccc(C)c1C)CCN. The Hall–Kier alpha value is -2.85. The first kappa shape index (κ1) is 19.2. The maximum absolute atomic E-state index is 12.3. The number of nitrogens with one attached hydrogen (secondary N) is 1. The van der Waals surface area contributed by atoms with Crippen LogP contribution in [0.2, 0.25) is 0 Å². The Labute approximate surface area is 141 Å². The summed E-state index contributed by atoms with van der Waals surface area (Å²) in [6.07, 6.45) is 0.501. The Morgan fingerprint density at radius 3 is 2.71 bits per heavy atom. The molecule has 0 spiro atoms. The lowest BCUT2D eigenvalue weighted by atomic mass is 10.1. The molecule has 0 saturated carbocycles. The van der Waals surface area contributed by atoms with Crippen LogP contribution in [0.1, 0.15) is 18.1 Å².